The zero-order valence-electron chi connectivity index (χ0n) is 11.4. The van der Waals surface area contributed by atoms with E-state index in [9.17, 15) is 0 Å². The van der Waals surface area contributed by atoms with Crippen LogP contribution in [0.4, 0.5) is 0 Å². The average Bonchev–Trinajstić information content (AvgIpc) is 2.98. The highest BCUT2D eigenvalue weighted by molar-refractivity contribution is 7.99. The van der Waals surface area contributed by atoms with Crippen molar-refractivity contribution in [1.29, 1.82) is 0 Å². The Morgan fingerprint density at radius 3 is 2.75 bits per heavy atom. The molecular weight excluding hydrogens is 270 g/mol. The molecule has 1 aliphatic heterocycles. The predicted octanol–water partition coefficient (Wildman–Crippen LogP) is 2.97. The van der Waals surface area contributed by atoms with E-state index in [1.165, 1.54) is 24.3 Å². The Hall–Kier alpha value is -1.33. The number of rotatable bonds is 5. The molecule has 3 rings (SSSR count). The molecule has 0 aliphatic carbocycles. The molecule has 0 radical (unpaired) electrons. The molecule has 1 saturated heterocycles. The summed E-state index contributed by atoms with van der Waals surface area (Å²) >= 11 is 2.06. The summed E-state index contributed by atoms with van der Waals surface area (Å²) in [6, 6.07) is 9.87. The van der Waals surface area contributed by atoms with E-state index >= 15 is 0 Å². The summed E-state index contributed by atoms with van der Waals surface area (Å²) in [6.45, 7) is 1.70. The minimum Gasteiger partial charge on any atom is -0.419 e. The molecule has 0 unspecified atom stereocenters. The smallest absolute Gasteiger partial charge is 0.247 e. The monoisotopic (exact) mass is 289 g/mol. The molecule has 0 saturated carbocycles. The summed E-state index contributed by atoms with van der Waals surface area (Å²) in [5.74, 6) is 4.65. The summed E-state index contributed by atoms with van der Waals surface area (Å²) in [7, 11) is 0. The molecule has 0 bridgehead atoms. The second-order valence-corrected chi connectivity index (χ2v) is 6.28. The van der Waals surface area contributed by atoms with E-state index in [2.05, 4.69) is 27.3 Å². The lowest BCUT2D eigenvalue weighted by Crippen LogP contribution is -2.25. The van der Waals surface area contributed by atoms with Crippen LogP contribution in [0.3, 0.4) is 0 Å². The molecule has 1 aliphatic rings. The lowest BCUT2D eigenvalue weighted by Gasteiger charge is -2.21. The fraction of sp³-hybridized carbons (Fsp3) is 0.467. The fourth-order valence-corrected chi connectivity index (χ4v) is 3.56. The van der Waals surface area contributed by atoms with Gasteiger partial charge >= 0.3 is 0 Å². The Kier molecular flexibility index (Phi) is 4.71. The number of thioether (sulfide) groups is 1. The molecule has 20 heavy (non-hydrogen) atoms. The lowest BCUT2D eigenvalue weighted by atomic mass is 10.0. The normalized spacial score (nSPS) is 16.4. The van der Waals surface area contributed by atoms with Gasteiger partial charge in [-0.25, -0.2) is 0 Å². The number of nitrogens with zero attached hydrogens (tertiary/aromatic N) is 2. The van der Waals surface area contributed by atoms with Crippen LogP contribution in [0.5, 0.6) is 0 Å². The van der Waals surface area contributed by atoms with Gasteiger partial charge in [-0.15, -0.1) is 10.2 Å². The summed E-state index contributed by atoms with van der Waals surface area (Å²) in [6.07, 6.45) is 2.63. The van der Waals surface area contributed by atoms with Gasteiger partial charge in [0.2, 0.25) is 11.8 Å². The molecule has 5 heteroatoms. The number of nitrogens with one attached hydrogen (secondary N) is 1. The van der Waals surface area contributed by atoms with Crippen LogP contribution in [0.25, 0.3) is 11.5 Å². The molecule has 106 valence electrons. The highest BCUT2D eigenvalue weighted by Gasteiger charge is 2.14. The lowest BCUT2D eigenvalue weighted by molar-refractivity contribution is 0.417. The molecular formula is C15H19N3OS. The van der Waals surface area contributed by atoms with E-state index in [0.717, 1.165) is 18.0 Å². The van der Waals surface area contributed by atoms with Gasteiger partial charge in [0.15, 0.2) is 0 Å². The Balaban J connectivity index is 1.50. The third-order valence-electron chi connectivity index (χ3n) is 3.54. The summed E-state index contributed by atoms with van der Waals surface area (Å²) < 4.78 is 5.67. The fourth-order valence-electron chi connectivity index (χ4n) is 2.36. The Morgan fingerprint density at radius 2 is 1.95 bits per heavy atom. The van der Waals surface area contributed by atoms with Crippen molar-refractivity contribution in [3.8, 4) is 11.5 Å². The molecule has 2 heterocycles. The molecule has 1 fully saturated rings. The van der Waals surface area contributed by atoms with Crippen LogP contribution in [-0.4, -0.2) is 28.2 Å². The highest BCUT2D eigenvalue weighted by atomic mass is 32.2. The van der Waals surface area contributed by atoms with Gasteiger partial charge in [0, 0.05) is 5.56 Å². The zero-order valence-corrected chi connectivity index (χ0v) is 12.2. The first kappa shape index (κ1) is 13.6. The second kappa shape index (κ2) is 6.90. The van der Waals surface area contributed by atoms with Crippen molar-refractivity contribution in [2.45, 2.75) is 19.4 Å². The van der Waals surface area contributed by atoms with E-state index in [1.807, 2.05) is 30.3 Å². The zero-order chi connectivity index (χ0) is 13.6. The van der Waals surface area contributed by atoms with E-state index in [0.29, 0.717) is 18.3 Å². The van der Waals surface area contributed by atoms with Gasteiger partial charge < -0.3 is 9.73 Å². The van der Waals surface area contributed by atoms with Gasteiger partial charge in [-0.05, 0) is 48.9 Å². The molecule has 0 atom stereocenters. The minimum absolute atomic E-state index is 0.594. The van der Waals surface area contributed by atoms with Crippen LogP contribution in [0, 0.1) is 5.92 Å². The van der Waals surface area contributed by atoms with Gasteiger partial charge in [-0.2, -0.15) is 11.8 Å². The second-order valence-electron chi connectivity index (χ2n) is 5.05. The maximum Gasteiger partial charge on any atom is 0.247 e. The number of hydrogen-bond acceptors (Lipinski definition) is 5. The van der Waals surface area contributed by atoms with Gasteiger partial charge in [0.25, 0.3) is 0 Å². The van der Waals surface area contributed by atoms with Crippen LogP contribution in [0.15, 0.2) is 34.7 Å². The predicted molar refractivity (Wildman–Crippen MR) is 81.5 cm³/mol. The summed E-state index contributed by atoms with van der Waals surface area (Å²) in [4.78, 5) is 0. The Bertz CT molecular complexity index is 523. The van der Waals surface area contributed by atoms with Crippen molar-refractivity contribution in [2.24, 2.45) is 5.92 Å². The van der Waals surface area contributed by atoms with Gasteiger partial charge in [-0.1, -0.05) is 18.2 Å². The maximum absolute atomic E-state index is 5.67. The van der Waals surface area contributed by atoms with Crippen LogP contribution >= 0.6 is 11.8 Å². The van der Waals surface area contributed by atoms with E-state index < -0.39 is 0 Å². The van der Waals surface area contributed by atoms with Crippen LogP contribution in [-0.2, 0) is 6.54 Å². The van der Waals surface area contributed by atoms with E-state index in [-0.39, 0.29) is 0 Å². The van der Waals surface area contributed by atoms with Gasteiger partial charge in [0.1, 0.15) is 0 Å². The van der Waals surface area contributed by atoms with Gasteiger partial charge in [0.05, 0.1) is 6.54 Å². The third-order valence-corrected chi connectivity index (χ3v) is 4.59. The highest BCUT2D eigenvalue weighted by Crippen LogP contribution is 2.22. The van der Waals surface area contributed by atoms with Crippen molar-refractivity contribution in [2.75, 3.05) is 18.1 Å². The minimum atomic E-state index is 0.594. The Labute approximate surface area is 123 Å². The Morgan fingerprint density at radius 1 is 1.15 bits per heavy atom. The van der Waals surface area contributed by atoms with E-state index in [1.54, 1.807) is 0 Å². The number of aromatic nitrogens is 2. The maximum atomic E-state index is 5.67. The molecule has 2 aromatic rings. The summed E-state index contributed by atoms with van der Waals surface area (Å²) in [5.41, 5.74) is 0.968. The topological polar surface area (TPSA) is 51.0 Å². The van der Waals surface area contributed by atoms with E-state index in [4.69, 9.17) is 4.42 Å². The standard InChI is InChI=1S/C15H19N3OS/c1-2-4-13(5-3-1)15-18-17-14(19-15)11-16-10-12-6-8-20-9-7-12/h1-5,12,16H,6-11H2. The molecule has 1 N–H and O–H groups in total. The van der Waals surface area contributed by atoms with Crippen molar-refractivity contribution >= 4 is 11.8 Å². The van der Waals surface area contributed by atoms with Crippen LogP contribution < -0.4 is 5.32 Å². The van der Waals surface area contributed by atoms with Crippen LogP contribution in [0.1, 0.15) is 18.7 Å². The first-order chi connectivity index (χ1) is 9.92. The largest absolute Gasteiger partial charge is 0.419 e. The van der Waals surface area contributed by atoms with Crippen molar-refractivity contribution in [3.63, 3.8) is 0 Å². The van der Waals surface area contributed by atoms with Crippen LogP contribution in [0.2, 0.25) is 0 Å². The van der Waals surface area contributed by atoms with Crippen molar-refractivity contribution in [1.82, 2.24) is 15.5 Å². The first-order valence-electron chi connectivity index (χ1n) is 7.08. The molecule has 1 aromatic heterocycles. The molecule has 1 aromatic carbocycles. The SMILES string of the molecule is c1ccc(-c2nnc(CNCC3CCSCC3)o2)cc1. The third kappa shape index (κ3) is 3.61. The quantitative estimate of drug-likeness (QED) is 0.917. The molecule has 0 amide bonds. The summed E-state index contributed by atoms with van der Waals surface area (Å²) in [5, 5.41) is 11.6. The van der Waals surface area contributed by atoms with Crippen molar-refractivity contribution in [3.05, 3.63) is 36.2 Å². The van der Waals surface area contributed by atoms with Crippen molar-refractivity contribution < 1.29 is 4.42 Å². The molecule has 0 spiro atoms. The average molecular weight is 289 g/mol. The number of hydrogen-bond donors (Lipinski definition) is 1. The molecule has 4 nitrogen and oxygen atoms in total. The first-order valence-corrected chi connectivity index (χ1v) is 8.23. The van der Waals surface area contributed by atoms with Gasteiger partial charge in [-0.3, -0.25) is 0 Å². The number of benzene rings is 1.